The molecule has 0 radical (unpaired) electrons. The summed E-state index contributed by atoms with van der Waals surface area (Å²) in [5, 5.41) is 0. The van der Waals surface area contributed by atoms with Crippen LogP contribution in [0.1, 0.15) is 12.0 Å². The van der Waals surface area contributed by atoms with Crippen LogP contribution in [0.4, 0.5) is 0 Å². The second-order valence-corrected chi connectivity index (χ2v) is 10.4. The number of esters is 1. The Labute approximate surface area is 158 Å². The fourth-order valence-corrected chi connectivity index (χ4v) is 5.28. The molecule has 9 nitrogen and oxygen atoms in total. The molecule has 1 aromatic carbocycles. The van der Waals surface area contributed by atoms with Crippen molar-refractivity contribution in [2.24, 2.45) is 0 Å². The summed E-state index contributed by atoms with van der Waals surface area (Å²) in [5.41, 5.74) is 0.894. The normalized spacial score (nSPS) is 18.8. The third-order valence-corrected chi connectivity index (χ3v) is 7.41. The number of carbonyl (C=O) groups is 2. The number of hydrogen-bond acceptors (Lipinski definition) is 7. The number of ether oxygens (including phenoxy) is 1. The van der Waals surface area contributed by atoms with Crippen molar-refractivity contribution in [3.05, 3.63) is 29.8 Å². The molecule has 1 atom stereocenters. The summed E-state index contributed by atoms with van der Waals surface area (Å²) < 4.78 is 54.0. The number of amides is 1. The van der Waals surface area contributed by atoms with Crippen LogP contribution < -0.4 is 4.72 Å². The van der Waals surface area contributed by atoms with Crippen molar-refractivity contribution in [1.29, 1.82) is 0 Å². The smallest absolute Gasteiger partial charge is 0.321 e. The molecule has 1 amide bonds. The molecule has 0 bridgehead atoms. The number of hydrogen-bond donors (Lipinski definition) is 1. The molecule has 11 heteroatoms. The number of carbonyl (C=O) groups excluding carboxylic acids is 2. The predicted molar refractivity (Wildman–Crippen MR) is 97.2 cm³/mol. The van der Waals surface area contributed by atoms with Crippen LogP contribution in [0.25, 0.3) is 0 Å². The van der Waals surface area contributed by atoms with E-state index in [1.54, 1.807) is 12.1 Å². The van der Waals surface area contributed by atoms with Gasteiger partial charge in [-0.3, -0.25) is 9.59 Å². The zero-order chi connectivity index (χ0) is 20.2. The Kier molecular flexibility index (Phi) is 6.60. The average molecular weight is 418 g/mol. The maximum atomic E-state index is 12.1. The van der Waals surface area contributed by atoms with Crippen molar-refractivity contribution in [3.8, 4) is 0 Å². The fourth-order valence-electron chi connectivity index (χ4n) is 2.53. The second-order valence-electron chi connectivity index (χ2n) is 6.36. The molecule has 0 saturated carbocycles. The van der Waals surface area contributed by atoms with Gasteiger partial charge < -0.3 is 9.64 Å². The monoisotopic (exact) mass is 418 g/mol. The number of likely N-dealkylation sites (N-methyl/N-ethyl adjacent to an activating group) is 1. The maximum absolute atomic E-state index is 12.1. The minimum absolute atomic E-state index is 0.0131. The Morgan fingerprint density at radius 2 is 1.89 bits per heavy atom. The van der Waals surface area contributed by atoms with Gasteiger partial charge >= 0.3 is 5.97 Å². The molecule has 1 aliphatic heterocycles. The minimum atomic E-state index is -3.87. The average Bonchev–Trinajstić information content (AvgIpc) is 2.97. The predicted octanol–water partition coefficient (Wildman–Crippen LogP) is -0.538. The lowest BCUT2D eigenvalue weighted by Gasteiger charge is -2.23. The third-order valence-electron chi connectivity index (χ3n) is 4.24. The molecule has 0 aromatic heterocycles. The lowest BCUT2D eigenvalue weighted by molar-refractivity contribution is -0.151. The van der Waals surface area contributed by atoms with E-state index in [0.717, 1.165) is 5.56 Å². The van der Waals surface area contributed by atoms with E-state index in [-0.39, 0.29) is 16.4 Å². The van der Waals surface area contributed by atoms with Crippen LogP contribution in [0.2, 0.25) is 0 Å². The van der Waals surface area contributed by atoms with E-state index >= 15 is 0 Å². The van der Waals surface area contributed by atoms with Gasteiger partial charge in [-0.15, -0.1) is 0 Å². The molecule has 0 spiro atoms. The van der Waals surface area contributed by atoms with Crippen molar-refractivity contribution in [3.63, 3.8) is 0 Å². The van der Waals surface area contributed by atoms with Gasteiger partial charge in [0.1, 0.15) is 6.54 Å². The van der Waals surface area contributed by atoms with E-state index < -0.39 is 50.9 Å². The van der Waals surface area contributed by atoms with Crippen LogP contribution >= 0.6 is 0 Å². The fraction of sp³-hybridized carbons (Fsp3) is 0.500. The van der Waals surface area contributed by atoms with Gasteiger partial charge in [0.2, 0.25) is 10.0 Å². The van der Waals surface area contributed by atoms with Crippen molar-refractivity contribution >= 4 is 31.7 Å². The van der Waals surface area contributed by atoms with E-state index in [4.69, 9.17) is 4.74 Å². The Hall–Kier alpha value is -1.98. The van der Waals surface area contributed by atoms with Gasteiger partial charge in [-0.2, -0.15) is 4.72 Å². The van der Waals surface area contributed by atoms with Crippen LogP contribution in [0.5, 0.6) is 0 Å². The first-order chi connectivity index (χ1) is 12.5. The largest absolute Gasteiger partial charge is 0.455 e. The number of sulfone groups is 1. The lowest BCUT2D eigenvalue weighted by atomic mass is 10.2. The van der Waals surface area contributed by atoms with Crippen molar-refractivity contribution in [2.45, 2.75) is 24.3 Å². The Balaban J connectivity index is 1.80. The first-order valence-corrected chi connectivity index (χ1v) is 11.5. The van der Waals surface area contributed by atoms with Crippen LogP contribution in [-0.4, -0.2) is 71.4 Å². The van der Waals surface area contributed by atoms with Gasteiger partial charge in [0.25, 0.3) is 5.91 Å². The van der Waals surface area contributed by atoms with E-state index in [1.165, 1.54) is 24.1 Å². The first kappa shape index (κ1) is 21.3. The van der Waals surface area contributed by atoms with Gasteiger partial charge in [-0.25, -0.2) is 16.8 Å². The molecular weight excluding hydrogens is 396 g/mol. The molecule has 2 rings (SSSR count). The van der Waals surface area contributed by atoms with Gasteiger partial charge in [0.05, 0.1) is 16.4 Å². The molecule has 1 fully saturated rings. The molecule has 27 heavy (non-hydrogen) atoms. The molecular formula is C16H22N2O7S2. The Bertz CT molecular complexity index is 909. The van der Waals surface area contributed by atoms with Crippen molar-refractivity contribution in [2.75, 3.05) is 31.7 Å². The minimum Gasteiger partial charge on any atom is -0.455 e. The molecule has 150 valence electrons. The Morgan fingerprint density at radius 1 is 1.26 bits per heavy atom. The number of sulfonamides is 1. The summed E-state index contributed by atoms with van der Waals surface area (Å²) in [7, 11) is -5.56. The van der Waals surface area contributed by atoms with Crippen LogP contribution in [-0.2, 0) is 34.2 Å². The highest BCUT2D eigenvalue weighted by Crippen LogP contribution is 2.16. The molecule has 1 aliphatic rings. The number of nitrogens with one attached hydrogen (secondary N) is 1. The summed E-state index contributed by atoms with van der Waals surface area (Å²) in [5.74, 6) is -1.55. The van der Waals surface area contributed by atoms with E-state index in [0.29, 0.717) is 6.42 Å². The lowest BCUT2D eigenvalue weighted by Crippen LogP contribution is -2.41. The molecule has 1 aromatic rings. The molecule has 0 aliphatic carbocycles. The molecule has 1 saturated heterocycles. The SMILES string of the molecule is Cc1ccc(S(=O)(=O)NCC(=O)OCC(=O)N(C)[C@H]2CCS(=O)(=O)C2)cc1. The van der Waals surface area contributed by atoms with Gasteiger partial charge in [0.15, 0.2) is 16.4 Å². The number of benzene rings is 1. The quantitative estimate of drug-likeness (QED) is 0.589. The summed E-state index contributed by atoms with van der Waals surface area (Å²) in [6, 6.07) is 5.64. The highest BCUT2D eigenvalue weighted by atomic mass is 32.2. The summed E-state index contributed by atoms with van der Waals surface area (Å²) in [6.45, 7) is 0.610. The standard InChI is InChI=1S/C16H22N2O7S2/c1-12-3-5-14(6-4-12)27(23,24)17-9-16(20)25-10-15(19)18(2)13-7-8-26(21,22)11-13/h3-6,13,17H,7-11H2,1-2H3/t13-/m0/s1. The number of aryl methyl sites for hydroxylation is 1. The molecule has 1 heterocycles. The van der Waals surface area contributed by atoms with Gasteiger partial charge in [-0.1, -0.05) is 17.7 Å². The van der Waals surface area contributed by atoms with Gasteiger partial charge in [-0.05, 0) is 25.5 Å². The van der Waals surface area contributed by atoms with E-state index in [1.807, 2.05) is 6.92 Å². The van der Waals surface area contributed by atoms with Crippen LogP contribution in [0.15, 0.2) is 29.2 Å². The highest BCUT2D eigenvalue weighted by molar-refractivity contribution is 7.91. The van der Waals surface area contributed by atoms with Crippen LogP contribution in [0.3, 0.4) is 0 Å². The maximum Gasteiger partial charge on any atom is 0.321 e. The second kappa shape index (κ2) is 8.36. The van der Waals surface area contributed by atoms with Gasteiger partial charge in [0, 0.05) is 13.1 Å². The van der Waals surface area contributed by atoms with E-state index in [9.17, 15) is 26.4 Å². The van der Waals surface area contributed by atoms with Crippen LogP contribution in [0, 0.1) is 6.92 Å². The zero-order valence-electron chi connectivity index (χ0n) is 15.0. The highest BCUT2D eigenvalue weighted by Gasteiger charge is 2.32. The summed E-state index contributed by atoms with van der Waals surface area (Å²) in [6.07, 6.45) is 0.342. The van der Waals surface area contributed by atoms with Crippen molar-refractivity contribution in [1.82, 2.24) is 9.62 Å². The van der Waals surface area contributed by atoms with E-state index in [2.05, 4.69) is 4.72 Å². The Morgan fingerprint density at radius 3 is 2.44 bits per heavy atom. The van der Waals surface area contributed by atoms with Crippen molar-refractivity contribution < 1.29 is 31.2 Å². The number of nitrogens with zero attached hydrogens (tertiary/aromatic N) is 1. The zero-order valence-corrected chi connectivity index (χ0v) is 16.7. The topological polar surface area (TPSA) is 127 Å². The molecule has 1 N–H and O–H groups in total. The number of rotatable bonds is 7. The third kappa shape index (κ3) is 6.01. The first-order valence-electron chi connectivity index (χ1n) is 8.18. The summed E-state index contributed by atoms with van der Waals surface area (Å²) >= 11 is 0. The molecule has 0 unspecified atom stereocenters. The summed E-state index contributed by atoms with van der Waals surface area (Å²) in [4.78, 5) is 25.0.